The van der Waals surface area contributed by atoms with Crippen LogP contribution in [0.4, 0.5) is 20.2 Å². The quantitative estimate of drug-likeness (QED) is 0.474. The number of pyridine rings is 2. The van der Waals surface area contributed by atoms with Crippen molar-refractivity contribution in [2.75, 3.05) is 11.1 Å². The highest BCUT2D eigenvalue weighted by atomic mass is 19.1. The van der Waals surface area contributed by atoms with Crippen LogP contribution in [0.2, 0.25) is 0 Å². The van der Waals surface area contributed by atoms with E-state index in [2.05, 4.69) is 15.3 Å². The Balaban J connectivity index is 1.75. The molecule has 3 heterocycles. The smallest absolute Gasteiger partial charge is 0.276 e. The summed E-state index contributed by atoms with van der Waals surface area (Å²) in [6.07, 6.45) is 6.16. The maximum absolute atomic E-state index is 15.3. The molecule has 0 spiro atoms. The Labute approximate surface area is 190 Å². The summed E-state index contributed by atoms with van der Waals surface area (Å²) in [5.74, 6) is -1.70. The van der Waals surface area contributed by atoms with Crippen LogP contribution < -0.4 is 16.8 Å². The van der Waals surface area contributed by atoms with Crippen LogP contribution in [-0.2, 0) is 6.42 Å². The zero-order valence-electron chi connectivity index (χ0n) is 18.2. The van der Waals surface area contributed by atoms with Crippen molar-refractivity contribution in [2.45, 2.75) is 44.6 Å². The van der Waals surface area contributed by atoms with Crippen LogP contribution in [0.15, 0.2) is 36.7 Å². The molecule has 1 aliphatic heterocycles. The van der Waals surface area contributed by atoms with Crippen molar-refractivity contribution in [1.29, 1.82) is 0 Å². The summed E-state index contributed by atoms with van der Waals surface area (Å²) >= 11 is 0. The topological polar surface area (TPSA) is 107 Å². The van der Waals surface area contributed by atoms with Gasteiger partial charge in [0, 0.05) is 23.9 Å². The van der Waals surface area contributed by atoms with E-state index in [-0.39, 0.29) is 40.5 Å². The second-order valence-corrected chi connectivity index (χ2v) is 9.19. The largest absolute Gasteiger partial charge is 0.397 e. The third-order valence-corrected chi connectivity index (χ3v) is 6.67. The average molecular weight is 450 g/mol. The summed E-state index contributed by atoms with van der Waals surface area (Å²) in [7, 11) is 0. The number of carbonyl (C=O) groups is 1. The van der Waals surface area contributed by atoms with E-state index in [0.29, 0.717) is 17.7 Å². The Morgan fingerprint density at radius 2 is 1.91 bits per heavy atom. The molecule has 1 fully saturated rings. The lowest BCUT2D eigenvalue weighted by molar-refractivity contribution is 0.102. The van der Waals surface area contributed by atoms with Gasteiger partial charge in [-0.25, -0.2) is 13.8 Å². The molecular formula is C25H25F2N5O. The Morgan fingerprint density at radius 1 is 1.09 bits per heavy atom. The standard InChI is InChI=1S/C25H25F2N5O/c1-12-4-15-7-13-6-14(9-16(28)8-13)17-2-3-30-11-21(17)31-25(33)24-20(29)10-19(27)23(32-24)22(15)18(26)5-12/h2-5,10-11,13-14,16H,6-9,28-29H2,1H3,(H,31,33)/t13-,14?,16?/m1/s1. The van der Waals surface area contributed by atoms with Gasteiger partial charge in [-0.15, -0.1) is 0 Å². The number of nitrogen functional groups attached to an aromatic ring is 1. The van der Waals surface area contributed by atoms with Crippen LogP contribution in [-0.4, -0.2) is 21.9 Å². The lowest BCUT2D eigenvalue weighted by Gasteiger charge is -2.34. The molecule has 0 radical (unpaired) electrons. The lowest BCUT2D eigenvalue weighted by atomic mass is 9.73. The van der Waals surface area contributed by atoms with Gasteiger partial charge in [-0.1, -0.05) is 6.07 Å². The second kappa shape index (κ2) is 8.19. The number of carbonyl (C=O) groups excluding carboxylic acids is 1. The van der Waals surface area contributed by atoms with E-state index in [1.54, 1.807) is 19.3 Å². The Kier molecular flexibility index (Phi) is 5.32. The highest BCUT2D eigenvalue weighted by Gasteiger charge is 2.32. The first-order valence-corrected chi connectivity index (χ1v) is 11.1. The zero-order chi connectivity index (χ0) is 23.3. The average Bonchev–Trinajstić information content (AvgIpc) is 2.74. The van der Waals surface area contributed by atoms with Crippen molar-refractivity contribution >= 4 is 17.3 Å². The number of amides is 1. The molecule has 2 unspecified atom stereocenters. The Morgan fingerprint density at radius 3 is 2.73 bits per heavy atom. The third kappa shape index (κ3) is 3.95. The number of hydrogen-bond acceptors (Lipinski definition) is 5. The number of aryl methyl sites for hydroxylation is 1. The number of nitrogens with two attached hydrogens (primary N) is 2. The van der Waals surface area contributed by atoms with Crippen molar-refractivity contribution in [2.24, 2.45) is 11.7 Å². The van der Waals surface area contributed by atoms with Crippen molar-refractivity contribution in [1.82, 2.24) is 9.97 Å². The minimum Gasteiger partial charge on any atom is -0.397 e. The van der Waals surface area contributed by atoms with E-state index in [0.717, 1.165) is 36.5 Å². The molecule has 4 bridgehead atoms. The molecule has 6 nitrogen and oxygen atoms in total. The number of anilines is 2. The predicted octanol–water partition coefficient (Wildman–Crippen LogP) is 4.33. The first-order valence-electron chi connectivity index (χ1n) is 11.1. The number of fused-ring (bicyclic) bond motifs is 8. The molecule has 8 heteroatoms. The van der Waals surface area contributed by atoms with Crippen molar-refractivity contribution in [3.8, 4) is 11.3 Å². The van der Waals surface area contributed by atoms with Gasteiger partial charge >= 0.3 is 0 Å². The fourth-order valence-electron chi connectivity index (χ4n) is 5.36. The van der Waals surface area contributed by atoms with Gasteiger partial charge in [0.2, 0.25) is 0 Å². The van der Waals surface area contributed by atoms with Gasteiger partial charge in [-0.05, 0) is 73.3 Å². The third-order valence-electron chi connectivity index (χ3n) is 6.67. The van der Waals surface area contributed by atoms with Crippen LogP contribution in [0.5, 0.6) is 0 Å². The molecular weight excluding hydrogens is 424 g/mol. The van der Waals surface area contributed by atoms with Gasteiger partial charge in [0.1, 0.15) is 11.5 Å². The monoisotopic (exact) mass is 449 g/mol. The maximum atomic E-state index is 15.3. The van der Waals surface area contributed by atoms with E-state index >= 15 is 8.78 Å². The second-order valence-electron chi connectivity index (χ2n) is 9.19. The summed E-state index contributed by atoms with van der Waals surface area (Å²) < 4.78 is 30.3. The minimum absolute atomic E-state index is 0.0414. The summed E-state index contributed by atoms with van der Waals surface area (Å²) in [6, 6.07) is 6.09. The molecule has 170 valence electrons. The predicted molar refractivity (Wildman–Crippen MR) is 123 cm³/mol. The zero-order valence-corrected chi connectivity index (χ0v) is 18.2. The van der Waals surface area contributed by atoms with Gasteiger partial charge in [-0.2, -0.15) is 0 Å². The molecule has 3 atom stereocenters. The molecule has 5 rings (SSSR count). The highest BCUT2D eigenvalue weighted by molar-refractivity contribution is 6.07. The van der Waals surface area contributed by atoms with Crippen molar-refractivity contribution < 1.29 is 13.6 Å². The number of nitrogens with zero attached hydrogens (tertiary/aromatic N) is 2. The summed E-state index contributed by atoms with van der Waals surface area (Å²) in [5, 5.41) is 2.83. The number of nitrogens with one attached hydrogen (secondary N) is 1. The van der Waals surface area contributed by atoms with Crippen LogP contribution in [0.1, 0.15) is 52.4 Å². The normalized spacial score (nSPS) is 22.2. The molecule has 1 saturated carbocycles. The highest BCUT2D eigenvalue weighted by Crippen LogP contribution is 2.42. The van der Waals surface area contributed by atoms with E-state index < -0.39 is 17.5 Å². The van der Waals surface area contributed by atoms with Gasteiger partial charge in [-0.3, -0.25) is 9.78 Å². The molecule has 2 aromatic heterocycles. The molecule has 1 aromatic carbocycles. The van der Waals surface area contributed by atoms with Gasteiger partial charge in [0.05, 0.1) is 17.6 Å². The fourth-order valence-corrected chi connectivity index (χ4v) is 5.36. The Bertz CT molecular complexity index is 1260. The summed E-state index contributed by atoms with van der Waals surface area (Å²) in [5.41, 5.74) is 14.8. The minimum atomic E-state index is -0.775. The number of rotatable bonds is 0. The van der Waals surface area contributed by atoms with E-state index in [1.807, 2.05) is 12.1 Å². The van der Waals surface area contributed by atoms with Gasteiger partial charge in [0.25, 0.3) is 5.91 Å². The first-order chi connectivity index (χ1) is 15.8. The lowest BCUT2D eigenvalue weighted by Crippen LogP contribution is -2.33. The number of aromatic nitrogens is 2. The molecule has 0 saturated heterocycles. The van der Waals surface area contributed by atoms with Crippen LogP contribution in [0.3, 0.4) is 0 Å². The SMILES string of the molecule is Cc1cc(F)c2c(c1)C[C@@H]1CC(N)CC(C1)c1ccncc1NC(=O)c1nc-2c(F)cc1N. The molecule has 1 amide bonds. The molecule has 5 N–H and O–H groups in total. The van der Waals surface area contributed by atoms with Crippen molar-refractivity contribution in [3.63, 3.8) is 0 Å². The molecule has 33 heavy (non-hydrogen) atoms. The van der Waals surface area contributed by atoms with Gasteiger partial charge in [0.15, 0.2) is 11.5 Å². The fraction of sp³-hybridized carbons (Fsp3) is 0.320. The van der Waals surface area contributed by atoms with Crippen LogP contribution >= 0.6 is 0 Å². The van der Waals surface area contributed by atoms with Crippen molar-refractivity contribution in [3.05, 3.63) is 70.7 Å². The Hall–Kier alpha value is -3.39. The first kappa shape index (κ1) is 21.5. The van der Waals surface area contributed by atoms with E-state index in [1.165, 1.54) is 6.07 Å². The summed E-state index contributed by atoms with van der Waals surface area (Å²) in [6.45, 7) is 1.80. The van der Waals surface area contributed by atoms with E-state index in [4.69, 9.17) is 11.5 Å². The number of hydrogen-bond donors (Lipinski definition) is 3. The van der Waals surface area contributed by atoms with E-state index in [9.17, 15) is 4.79 Å². The van der Waals surface area contributed by atoms with Crippen LogP contribution in [0.25, 0.3) is 11.3 Å². The van der Waals surface area contributed by atoms with Crippen LogP contribution in [0, 0.1) is 24.5 Å². The van der Waals surface area contributed by atoms with Gasteiger partial charge < -0.3 is 16.8 Å². The molecule has 2 aliphatic rings. The number of benzene rings is 1. The maximum Gasteiger partial charge on any atom is 0.276 e. The molecule has 1 aliphatic carbocycles. The number of halogens is 2. The summed E-state index contributed by atoms with van der Waals surface area (Å²) in [4.78, 5) is 21.5. The molecule has 3 aromatic rings.